The summed E-state index contributed by atoms with van der Waals surface area (Å²) in [5.41, 5.74) is 0.381. The van der Waals surface area contributed by atoms with Crippen LogP contribution in [0.1, 0.15) is 54.0 Å². The fourth-order valence-corrected chi connectivity index (χ4v) is 2.76. The van der Waals surface area contributed by atoms with Crippen LogP contribution in [0.3, 0.4) is 0 Å². The Balaban J connectivity index is 3.15. The van der Waals surface area contributed by atoms with Crippen LogP contribution in [-0.2, 0) is 16.7 Å². The average molecular weight is 401 g/mol. The Hall–Kier alpha value is -1.96. The number of methoxy groups -OCH3 is 1. The molecule has 0 radical (unpaired) electrons. The van der Waals surface area contributed by atoms with Crippen LogP contribution in [0, 0.1) is 0 Å². The lowest BCUT2D eigenvalue weighted by atomic mass is 10.1. The van der Waals surface area contributed by atoms with Crippen molar-refractivity contribution in [1.29, 1.82) is 0 Å². The third kappa shape index (κ3) is 6.93. The molecule has 1 rings (SSSR count). The predicted molar refractivity (Wildman–Crippen MR) is 107 cm³/mol. The molecule has 0 fully saturated rings. The number of carbonyl (C=O) groups is 1. The first kappa shape index (κ1) is 23.1. The molecule has 0 saturated carbocycles. The van der Waals surface area contributed by atoms with Crippen LogP contribution in [0.5, 0.6) is 11.5 Å². The highest BCUT2D eigenvalue weighted by molar-refractivity contribution is 7.87. The van der Waals surface area contributed by atoms with Gasteiger partial charge in [0, 0.05) is 18.1 Å². The molecule has 0 aromatic heterocycles. The maximum absolute atomic E-state index is 12.6. The predicted octanol–water partition coefficient (Wildman–Crippen LogP) is 3.53. The van der Waals surface area contributed by atoms with Crippen LogP contribution >= 0.6 is 0 Å². The molecule has 0 atom stereocenters. The van der Waals surface area contributed by atoms with Gasteiger partial charge in [-0.15, -0.1) is 0 Å². The van der Waals surface area contributed by atoms with Crippen molar-refractivity contribution in [2.75, 3.05) is 7.11 Å². The van der Waals surface area contributed by atoms with E-state index < -0.39 is 15.4 Å². The summed E-state index contributed by atoms with van der Waals surface area (Å²) in [6.07, 6.45) is 0. The Morgan fingerprint density at radius 1 is 1.15 bits per heavy atom. The number of ether oxygens (including phenoxy) is 1. The number of hydrogen-bond acceptors (Lipinski definition) is 5. The van der Waals surface area contributed by atoms with Crippen molar-refractivity contribution in [1.82, 2.24) is 10.2 Å². The topological polar surface area (TPSA) is 84.9 Å². The molecule has 0 unspecified atom stereocenters. The highest BCUT2D eigenvalue weighted by Crippen LogP contribution is 2.30. The van der Waals surface area contributed by atoms with Crippen molar-refractivity contribution >= 4 is 16.1 Å². The maximum atomic E-state index is 12.6. The molecule has 27 heavy (non-hydrogen) atoms. The molecular weight excluding hydrogens is 368 g/mol. The third-order valence-corrected chi connectivity index (χ3v) is 5.30. The Bertz CT molecular complexity index is 752. The van der Waals surface area contributed by atoms with Gasteiger partial charge in [-0.25, -0.2) is 4.79 Å². The average Bonchev–Trinajstić information content (AvgIpc) is 2.50. The molecule has 0 saturated heterocycles. The van der Waals surface area contributed by atoms with E-state index in [1.807, 2.05) is 34.6 Å². The summed E-state index contributed by atoms with van der Waals surface area (Å²) in [5.74, 6) is 0.432. The van der Waals surface area contributed by atoms with Crippen molar-refractivity contribution in [3.63, 3.8) is 0 Å². The van der Waals surface area contributed by atoms with Crippen molar-refractivity contribution < 1.29 is 22.1 Å². The van der Waals surface area contributed by atoms with E-state index in [4.69, 9.17) is 8.92 Å². The zero-order valence-corrected chi connectivity index (χ0v) is 18.3. The number of rotatable bonds is 7. The third-order valence-electron chi connectivity index (χ3n) is 3.73. The van der Waals surface area contributed by atoms with Gasteiger partial charge in [-0.3, -0.25) is 0 Å². The first-order valence-electron chi connectivity index (χ1n) is 8.96. The van der Waals surface area contributed by atoms with Crippen molar-refractivity contribution in [2.45, 2.75) is 71.8 Å². The first-order valence-corrected chi connectivity index (χ1v) is 10.4. The summed E-state index contributed by atoms with van der Waals surface area (Å²) in [6.45, 7) is 13.0. The first-order chi connectivity index (χ1) is 12.3. The van der Waals surface area contributed by atoms with E-state index in [2.05, 4.69) is 5.32 Å². The number of nitrogens with zero attached hydrogens (tertiary/aromatic N) is 1. The van der Waals surface area contributed by atoms with Crippen LogP contribution in [0.15, 0.2) is 18.2 Å². The van der Waals surface area contributed by atoms with Gasteiger partial charge < -0.3 is 19.1 Å². The number of amides is 2. The molecule has 1 N–H and O–H groups in total. The lowest BCUT2D eigenvalue weighted by molar-refractivity contribution is 0.171. The highest BCUT2D eigenvalue weighted by atomic mass is 32.2. The van der Waals surface area contributed by atoms with Gasteiger partial charge in [0.2, 0.25) is 0 Å². The number of urea groups is 1. The maximum Gasteiger partial charge on any atom is 0.318 e. The summed E-state index contributed by atoms with van der Waals surface area (Å²) in [4.78, 5) is 14.3. The van der Waals surface area contributed by atoms with Crippen LogP contribution in [0.4, 0.5) is 4.79 Å². The lowest BCUT2D eigenvalue weighted by Gasteiger charge is -2.31. The normalized spacial score (nSPS) is 12.2. The Kier molecular flexibility index (Phi) is 7.54. The second-order valence-electron chi connectivity index (χ2n) is 8.01. The minimum atomic E-state index is -3.76. The van der Waals surface area contributed by atoms with Crippen molar-refractivity contribution in [3.05, 3.63) is 23.8 Å². The summed E-state index contributed by atoms with van der Waals surface area (Å²) in [7, 11) is -2.31. The number of benzene rings is 1. The van der Waals surface area contributed by atoms with Gasteiger partial charge in [0.15, 0.2) is 11.5 Å². The molecule has 1 aromatic carbocycles. The standard InChI is InChI=1S/C19H32N2O5S/c1-13(2)21(18(22)20-19(5,6)7)12-15-9-10-16(25-8)17(11-15)26-27(23,24)14(3)4/h9-11,13-14H,12H2,1-8H3,(H,20,22). The summed E-state index contributed by atoms with van der Waals surface area (Å²) in [6, 6.07) is 4.79. The SMILES string of the molecule is COc1ccc(CN(C(=O)NC(C)(C)C)C(C)C)cc1OS(=O)(=O)C(C)C. The van der Waals surface area contributed by atoms with Gasteiger partial charge in [0.25, 0.3) is 0 Å². The largest absolute Gasteiger partial charge is 0.493 e. The molecule has 0 aliphatic heterocycles. The van der Waals surface area contributed by atoms with E-state index in [0.717, 1.165) is 5.56 Å². The molecule has 0 heterocycles. The van der Waals surface area contributed by atoms with E-state index in [9.17, 15) is 13.2 Å². The molecule has 0 aliphatic rings. The van der Waals surface area contributed by atoms with E-state index in [1.165, 1.54) is 7.11 Å². The molecular formula is C19H32N2O5S. The molecule has 0 aliphatic carbocycles. The van der Waals surface area contributed by atoms with Crippen LogP contribution in [-0.4, -0.2) is 43.3 Å². The molecule has 8 heteroatoms. The molecule has 1 aromatic rings. The van der Waals surface area contributed by atoms with Gasteiger partial charge in [0.1, 0.15) is 0 Å². The smallest absolute Gasteiger partial charge is 0.318 e. The van der Waals surface area contributed by atoms with Gasteiger partial charge in [-0.05, 0) is 66.2 Å². The van der Waals surface area contributed by atoms with E-state index in [1.54, 1.807) is 36.9 Å². The zero-order chi connectivity index (χ0) is 21.0. The second-order valence-corrected chi connectivity index (χ2v) is 10.1. The quantitative estimate of drug-likeness (QED) is 0.708. The minimum Gasteiger partial charge on any atom is -0.493 e. The minimum absolute atomic E-state index is 0.0433. The number of nitrogens with one attached hydrogen (secondary N) is 1. The molecule has 7 nitrogen and oxygen atoms in total. The van der Waals surface area contributed by atoms with Gasteiger partial charge in [-0.1, -0.05) is 6.07 Å². The fraction of sp³-hybridized carbons (Fsp3) is 0.632. The van der Waals surface area contributed by atoms with Crippen molar-refractivity contribution in [2.24, 2.45) is 0 Å². The molecule has 0 spiro atoms. The summed E-state index contributed by atoms with van der Waals surface area (Å²) in [5, 5.41) is 2.26. The van der Waals surface area contributed by atoms with Crippen LogP contribution in [0.25, 0.3) is 0 Å². The molecule has 0 bridgehead atoms. The van der Waals surface area contributed by atoms with Gasteiger partial charge >= 0.3 is 16.1 Å². The Labute approximate surface area is 163 Å². The fourth-order valence-electron chi connectivity index (χ4n) is 2.18. The van der Waals surface area contributed by atoms with E-state index >= 15 is 0 Å². The van der Waals surface area contributed by atoms with Crippen LogP contribution < -0.4 is 14.2 Å². The number of hydrogen-bond donors (Lipinski definition) is 1. The Morgan fingerprint density at radius 2 is 1.74 bits per heavy atom. The monoisotopic (exact) mass is 400 g/mol. The van der Waals surface area contributed by atoms with E-state index in [0.29, 0.717) is 12.3 Å². The van der Waals surface area contributed by atoms with Crippen LogP contribution in [0.2, 0.25) is 0 Å². The van der Waals surface area contributed by atoms with E-state index in [-0.39, 0.29) is 23.4 Å². The van der Waals surface area contributed by atoms with Gasteiger partial charge in [-0.2, -0.15) is 8.42 Å². The summed E-state index contributed by atoms with van der Waals surface area (Å²) < 4.78 is 34.7. The lowest BCUT2D eigenvalue weighted by Crippen LogP contribution is -2.50. The molecule has 2 amide bonds. The van der Waals surface area contributed by atoms with Crippen molar-refractivity contribution in [3.8, 4) is 11.5 Å². The number of carbonyl (C=O) groups excluding carboxylic acids is 1. The second kappa shape index (κ2) is 8.82. The highest BCUT2D eigenvalue weighted by Gasteiger charge is 2.24. The Morgan fingerprint density at radius 3 is 2.19 bits per heavy atom. The zero-order valence-electron chi connectivity index (χ0n) is 17.5. The summed E-state index contributed by atoms with van der Waals surface area (Å²) >= 11 is 0. The van der Waals surface area contributed by atoms with Gasteiger partial charge in [0.05, 0.1) is 12.4 Å². The molecule has 154 valence electrons.